The Morgan fingerprint density at radius 2 is 2.00 bits per heavy atom. The first-order valence-electron chi connectivity index (χ1n) is 6.17. The molecular formula is C12H17N3O2S. The number of nitrogens with zero attached hydrogens (tertiary/aromatic N) is 3. The lowest BCUT2D eigenvalue weighted by Gasteiger charge is -2.21. The van der Waals surface area contributed by atoms with E-state index in [1.807, 2.05) is 11.8 Å². The van der Waals surface area contributed by atoms with E-state index in [9.17, 15) is 9.59 Å². The molecule has 98 valence electrons. The van der Waals surface area contributed by atoms with Crippen LogP contribution in [0.4, 0.5) is 0 Å². The average Bonchev–Trinajstić information content (AvgIpc) is 2.81. The number of hydrogen-bond donors (Lipinski definition) is 0. The van der Waals surface area contributed by atoms with Gasteiger partial charge in [-0.2, -0.15) is 0 Å². The molecule has 18 heavy (non-hydrogen) atoms. The second-order valence-electron chi connectivity index (χ2n) is 4.25. The van der Waals surface area contributed by atoms with E-state index in [4.69, 9.17) is 0 Å². The van der Waals surface area contributed by atoms with E-state index >= 15 is 0 Å². The number of aromatic nitrogens is 1. The number of thiazole rings is 1. The minimum Gasteiger partial charge on any atom is -0.341 e. The van der Waals surface area contributed by atoms with Gasteiger partial charge in [0.15, 0.2) is 0 Å². The second kappa shape index (κ2) is 5.95. The number of carbonyl (C=O) groups is 2. The predicted octanol–water partition coefficient (Wildman–Crippen LogP) is 1.23. The second-order valence-corrected chi connectivity index (χ2v) is 4.97. The summed E-state index contributed by atoms with van der Waals surface area (Å²) in [4.78, 5) is 31.4. The number of rotatable bonds is 2. The van der Waals surface area contributed by atoms with E-state index in [-0.39, 0.29) is 11.8 Å². The van der Waals surface area contributed by atoms with Crippen molar-refractivity contribution in [1.82, 2.24) is 14.8 Å². The van der Waals surface area contributed by atoms with Crippen LogP contribution in [0.25, 0.3) is 0 Å². The summed E-state index contributed by atoms with van der Waals surface area (Å²) < 4.78 is 0. The van der Waals surface area contributed by atoms with Crippen LogP contribution in [0.3, 0.4) is 0 Å². The highest BCUT2D eigenvalue weighted by Crippen LogP contribution is 2.10. The third-order valence-corrected chi connectivity index (χ3v) is 3.68. The molecule has 6 heteroatoms. The van der Waals surface area contributed by atoms with Crippen LogP contribution in [0, 0.1) is 0 Å². The lowest BCUT2D eigenvalue weighted by atomic mass is 10.3. The van der Waals surface area contributed by atoms with E-state index in [1.165, 1.54) is 11.3 Å². The quantitative estimate of drug-likeness (QED) is 0.810. The van der Waals surface area contributed by atoms with E-state index in [2.05, 4.69) is 4.98 Å². The van der Waals surface area contributed by atoms with Crippen molar-refractivity contribution in [3.63, 3.8) is 0 Å². The third kappa shape index (κ3) is 2.87. The van der Waals surface area contributed by atoms with Crippen molar-refractivity contribution in [2.24, 2.45) is 0 Å². The molecule has 0 aliphatic carbocycles. The van der Waals surface area contributed by atoms with Gasteiger partial charge in [-0.05, 0) is 6.42 Å². The molecule has 5 nitrogen and oxygen atoms in total. The van der Waals surface area contributed by atoms with Gasteiger partial charge >= 0.3 is 0 Å². The molecule has 0 unspecified atom stereocenters. The van der Waals surface area contributed by atoms with Gasteiger partial charge in [0.1, 0.15) is 5.69 Å². The SMILES string of the molecule is CCC(=O)N1CCCN(C(=O)c2cscn2)CC1. The van der Waals surface area contributed by atoms with Gasteiger partial charge < -0.3 is 9.80 Å². The highest BCUT2D eigenvalue weighted by Gasteiger charge is 2.22. The molecule has 1 fully saturated rings. The zero-order chi connectivity index (χ0) is 13.0. The molecule has 1 aliphatic rings. The minimum atomic E-state index is -0.0259. The fourth-order valence-corrected chi connectivity index (χ4v) is 2.60. The van der Waals surface area contributed by atoms with Crippen LogP contribution in [-0.4, -0.2) is 52.8 Å². The zero-order valence-corrected chi connectivity index (χ0v) is 11.3. The average molecular weight is 267 g/mol. The summed E-state index contributed by atoms with van der Waals surface area (Å²) in [6.45, 7) is 4.54. The van der Waals surface area contributed by atoms with E-state index < -0.39 is 0 Å². The maximum Gasteiger partial charge on any atom is 0.273 e. The summed E-state index contributed by atoms with van der Waals surface area (Å²) in [5.74, 6) is 0.139. The highest BCUT2D eigenvalue weighted by atomic mass is 32.1. The summed E-state index contributed by atoms with van der Waals surface area (Å²) in [6, 6.07) is 0. The molecule has 0 spiro atoms. The van der Waals surface area contributed by atoms with Crippen LogP contribution in [0.1, 0.15) is 30.3 Å². The van der Waals surface area contributed by atoms with Gasteiger partial charge in [-0.25, -0.2) is 4.98 Å². The summed E-state index contributed by atoms with van der Waals surface area (Å²) >= 11 is 1.42. The van der Waals surface area contributed by atoms with Gasteiger partial charge in [0.25, 0.3) is 5.91 Å². The molecule has 0 aromatic carbocycles. The Kier molecular flexibility index (Phi) is 4.30. The van der Waals surface area contributed by atoms with Crippen LogP contribution in [0.5, 0.6) is 0 Å². The Labute approximate surface area is 110 Å². The van der Waals surface area contributed by atoms with Crippen LogP contribution >= 0.6 is 11.3 Å². The van der Waals surface area contributed by atoms with Gasteiger partial charge in [0.2, 0.25) is 5.91 Å². The van der Waals surface area contributed by atoms with Crippen molar-refractivity contribution < 1.29 is 9.59 Å². The molecule has 2 amide bonds. The maximum atomic E-state index is 12.1. The summed E-state index contributed by atoms with van der Waals surface area (Å²) in [7, 11) is 0. The van der Waals surface area contributed by atoms with Crippen molar-refractivity contribution >= 4 is 23.2 Å². The summed E-state index contributed by atoms with van der Waals surface area (Å²) in [5, 5.41) is 1.77. The molecular weight excluding hydrogens is 250 g/mol. The van der Waals surface area contributed by atoms with E-state index in [1.54, 1.807) is 15.8 Å². The highest BCUT2D eigenvalue weighted by molar-refractivity contribution is 7.07. The lowest BCUT2D eigenvalue weighted by molar-refractivity contribution is -0.130. The van der Waals surface area contributed by atoms with Crippen LogP contribution in [-0.2, 0) is 4.79 Å². The Hall–Kier alpha value is -1.43. The van der Waals surface area contributed by atoms with Crippen molar-refractivity contribution in [3.8, 4) is 0 Å². The molecule has 1 aromatic rings. The summed E-state index contributed by atoms with van der Waals surface area (Å²) in [6.07, 6.45) is 1.36. The van der Waals surface area contributed by atoms with Gasteiger partial charge in [0, 0.05) is 38.0 Å². The molecule has 0 radical (unpaired) electrons. The smallest absolute Gasteiger partial charge is 0.273 e. The molecule has 0 N–H and O–H groups in total. The van der Waals surface area contributed by atoms with Crippen molar-refractivity contribution in [1.29, 1.82) is 0 Å². The standard InChI is InChI=1S/C12H17N3O2S/c1-2-11(16)14-4-3-5-15(7-6-14)12(17)10-8-18-9-13-10/h8-9H,2-7H2,1H3. The molecule has 0 bridgehead atoms. The number of amides is 2. The minimum absolute atomic E-state index is 0.0259. The largest absolute Gasteiger partial charge is 0.341 e. The molecule has 1 saturated heterocycles. The fraction of sp³-hybridized carbons (Fsp3) is 0.583. The summed E-state index contributed by atoms with van der Waals surface area (Å²) in [5.41, 5.74) is 2.17. The van der Waals surface area contributed by atoms with Crippen LogP contribution in [0.15, 0.2) is 10.9 Å². The predicted molar refractivity (Wildman–Crippen MR) is 69.5 cm³/mol. The molecule has 1 aliphatic heterocycles. The van der Waals surface area contributed by atoms with Crippen molar-refractivity contribution in [2.75, 3.05) is 26.2 Å². The van der Waals surface area contributed by atoms with Gasteiger partial charge in [-0.3, -0.25) is 9.59 Å². The molecule has 2 heterocycles. The molecule has 1 aromatic heterocycles. The molecule has 0 atom stereocenters. The Bertz CT molecular complexity index is 419. The Morgan fingerprint density at radius 3 is 2.67 bits per heavy atom. The van der Waals surface area contributed by atoms with E-state index in [0.29, 0.717) is 31.7 Å². The molecule has 0 saturated carbocycles. The normalized spacial score (nSPS) is 16.5. The third-order valence-electron chi connectivity index (χ3n) is 3.09. The van der Waals surface area contributed by atoms with Gasteiger partial charge in [0.05, 0.1) is 5.51 Å². The lowest BCUT2D eigenvalue weighted by Crippen LogP contribution is -2.37. The van der Waals surface area contributed by atoms with Crippen molar-refractivity contribution in [2.45, 2.75) is 19.8 Å². The van der Waals surface area contributed by atoms with E-state index in [0.717, 1.165) is 13.0 Å². The monoisotopic (exact) mass is 267 g/mol. The van der Waals surface area contributed by atoms with Gasteiger partial charge in [-0.1, -0.05) is 6.92 Å². The topological polar surface area (TPSA) is 53.5 Å². The first-order chi connectivity index (χ1) is 8.72. The number of hydrogen-bond acceptors (Lipinski definition) is 4. The van der Waals surface area contributed by atoms with Crippen LogP contribution < -0.4 is 0 Å². The first-order valence-corrected chi connectivity index (χ1v) is 7.12. The fourth-order valence-electron chi connectivity index (χ4n) is 2.07. The van der Waals surface area contributed by atoms with Crippen LogP contribution in [0.2, 0.25) is 0 Å². The first kappa shape index (κ1) is 13.0. The molecule has 2 rings (SSSR count). The Morgan fingerprint density at radius 1 is 1.28 bits per heavy atom. The zero-order valence-electron chi connectivity index (χ0n) is 10.5. The maximum absolute atomic E-state index is 12.1. The Balaban J connectivity index is 1.97. The van der Waals surface area contributed by atoms with Gasteiger partial charge in [-0.15, -0.1) is 11.3 Å². The van der Waals surface area contributed by atoms with Crippen molar-refractivity contribution in [3.05, 3.63) is 16.6 Å². The number of carbonyl (C=O) groups excluding carboxylic acids is 2.